The second-order valence-corrected chi connectivity index (χ2v) is 5.05. The molecule has 1 fully saturated rings. The number of anilines is 1. The summed E-state index contributed by atoms with van der Waals surface area (Å²) in [6.07, 6.45) is 2.11. The first-order valence-electron chi connectivity index (χ1n) is 5.93. The second kappa shape index (κ2) is 4.37. The molecule has 4 nitrogen and oxygen atoms in total. The van der Waals surface area contributed by atoms with Gasteiger partial charge in [-0.3, -0.25) is 0 Å². The van der Waals surface area contributed by atoms with E-state index in [1.807, 2.05) is 38.1 Å². The molecule has 0 aromatic heterocycles. The van der Waals surface area contributed by atoms with E-state index >= 15 is 0 Å². The molecule has 17 heavy (non-hydrogen) atoms. The smallest absolute Gasteiger partial charge is 0.319 e. The number of nitrogens with one attached hydrogen (secondary N) is 2. The Hall–Kier alpha value is -1.55. The molecule has 1 aliphatic rings. The first-order chi connectivity index (χ1) is 7.98. The molecule has 1 aliphatic carbocycles. The van der Waals surface area contributed by atoms with Crippen LogP contribution in [0.5, 0.6) is 0 Å². The molecule has 0 spiro atoms. The van der Waals surface area contributed by atoms with Gasteiger partial charge in [-0.05, 0) is 44.4 Å². The third kappa shape index (κ3) is 3.20. The number of rotatable bonds is 3. The first kappa shape index (κ1) is 11.9. The number of carbonyl (C=O) groups is 1. The van der Waals surface area contributed by atoms with Crippen molar-refractivity contribution in [1.29, 1.82) is 0 Å². The molecule has 0 saturated heterocycles. The van der Waals surface area contributed by atoms with Crippen LogP contribution in [0.15, 0.2) is 24.3 Å². The highest BCUT2D eigenvalue weighted by Gasteiger charge is 2.38. The van der Waals surface area contributed by atoms with E-state index in [0.717, 1.165) is 24.1 Å². The highest BCUT2D eigenvalue weighted by atomic mass is 16.2. The van der Waals surface area contributed by atoms with Crippen LogP contribution in [0.3, 0.4) is 0 Å². The molecule has 0 aliphatic heterocycles. The lowest BCUT2D eigenvalue weighted by Crippen LogP contribution is -2.37. The summed E-state index contributed by atoms with van der Waals surface area (Å²) in [7, 11) is 0. The quantitative estimate of drug-likeness (QED) is 0.750. The van der Waals surface area contributed by atoms with Crippen LogP contribution in [0.2, 0.25) is 0 Å². The van der Waals surface area contributed by atoms with Crippen molar-refractivity contribution >= 4 is 11.7 Å². The number of carbonyl (C=O) groups excluding carboxylic acids is 1. The average molecular weight is 233 g/mol. The predicted octanol–water partition coefficient (Wildman–Crippen LogP) is 2.38. The zero-order chi connectivity index (χ0) is 12.5. The molecule has 1 aromatic rings. The van der Waals surface area contributed by atoms with Crippen LogP contribution in [-0.4, -0.2) is 11.6 Å². The Balaban J connectivity index is 1.98. The number of hydrogen-bond acceptors (Lipinski definition) is 2. The molecule has 92 valence electrons. The molecule has 1 aromatic carbocycles. The van der Waals surface area contributed by atoms with E-state index in [4.69, 9.17) is 5.73 Å². The van der Waals surface area contributed by atoms with E-state index in [-0.39, 0.29) is 17.6 Å². The summed E-state index contributed by atoms with van der Waals surface area (Å²) >= 11 is 0. The van der Waals surface area contributed by atoms with Crippen molar-refractivity contribution in [2.45, 2.75) is 38.3 Å². The van der Waals surface area contributed by atoms with Crippen molar-refractivity contribution in [3.63, 3.8) is 0 Å². The third-order valence-electron chi connectivity index (χ3n) is 3.09. The van der Waals surface area contributed by atoms with Crippen LogP contribution in [-0.2, 0) is 0 Å². The highest BCUT2D eigenvalue weighted by molar-refractivity contribution is 5.90. The zero-order valence-corrected chi connectivity index (χ0v) is 10.3. The van der Waals surface area contributed by atoms with Crippen molar-refractivity contribution in [3.8, 4) is 0 Å². The van der Waals surface area contributed by atoms with Crippen molar-refractivity contribution in [2.24, 2.45) is 5.73 Å². The number of hydrogen-bond donors (Lipinski definition) is 3. The van der Waals surface area contributed by atoms with Gasteiger partial charge >= 0.3 is 6.03 Å². The van der Waals surface area contributed by atoms with Crippen LogP contribution < -0.4 is 16.4 Å². The van der Waals surface area contributed by atoms with Crippen LogP contribution in [0.1, 0.15) is 38.3 Å². The Morgan fingerprint density at radius 1 is 1.47 bits per heavy atom. The maximum Gasteiger partial charge on any atom is 0.319 e. The summed E-state index contributed by atoms with van der Waals surface area (Å²) in [4.78, 5) is 11.7. The van der Waals surface area contributed by atoms with E-state index in [1.165, 1.54) is 0 Å². The van der Waals surface area contributed by atoms with Gasteiger partial charge in [-0.1, -0.05) is 12.1 Å². The van der Waals surface area contributed by atoms with Gasteiger partial charge in [-0.2, -0.15) is 0 Å². The molecule has 1 saturated carbocycles. The van der Waals surface area contributed by atoms with Gasteiger partial charge in [-0.15, -0.1) is 0 Å². The summed E-state index contributed by atoms with van der Waals surface area (Å²) in [6.45, 7) is 3.97. The van der Waals surface area contributed by atoms with Gasteiger partial charge in [0.15, 0.2) is 0 Å². The van der Waals surface area contributed by atoms with Crippen molar-refractivity contribution < 1.29 is 4.79 Å². The minimum absolute atomic E-state index is 0.00283. The van der Waals surface area contributed by atoms with Gasteiger partial charge < -0.3 is 16.4 Å². The molecule has 2 rings (SSSR count). The lowest BCUT2D eigenvalue weighted by atomic mass is 10.1. The second-order valence-electron chi connectivity index (χ2n) is 5.05. The molecule has 4 heteroatoms. The molecular weight excluding hydrogens is 214 g/mol. The summed E-state index contributed by atoms with van der Waals surface area (Å²) in [5.74, 6) is 0. The van der Waals surface area contributed by atoms with Gasteiger partial charge in [0.05, 0.1) is 0 Å². The van der Waals surface area contributed by atoms with E-state index in [1.54, 1.807) is 0 Å². The zero-order valence-electron chi connectivity index (χ0n) is 10.3. The lowest BCUT2D eigenvalue weighted by molar-refractivity contribution is 0.248. The van der Waals surface area contributed by atoms with Gasteiger partial charge in [-0.25, -0.2) is 4.79 Å². The van der Waals surface area contributed by atoms with E-state index < -0.39 is 0 Å². The summed E-state index contributed by atoms with van der Waals surface area (Å²) in [5, 5.41) is 5.77. The maximum absolute atomic E-state index is 11.7. The normalized spacial score (nSPS) is 18.3. The number of nitrogens with two attached hydrogens (primary N) is 1. The van der Waals surface area contributed by atoms with Crippen LogP contribution in [0.4, 0.5) is 10.5 Å². The van der Waals surface area contributed by atoms with Gasteiger partial charge in [0, 0.05) is 17.3 Å². The Bertz CT molecular complexity index is 424. The van der Waals surface area contributed by atoms with Crippen molar-refractivity contribution in [3.05, 3.63) is 29.8 Å². The molecule has 0 heterocycles. The third-order valence-corrected chi connectivity index (χ3v) is 3.09. The fourth-order valence-corrected chi connectivity index (χ4v) is 1.65. The van der Waals surface area contributed by atoms with Crippen LogP contribution >= 0.6 is 0 Å². The standard InChI is InChI=1S/C13H19N3O/c1-9(14)10-4-3-5-11(8-10)15-12(17)16-13(2)6-7-13/h3-5,8-9H,6-7,14H2,1-2H3,(H2,15,16,17). The topological polar surface area (TPSA) is 67.1 Å². The Morgan fingerprint density at radius 2 is 2.18 bits per heavy atom. The fourth-order valence-electron chi connectivity index (χ4n) is 1.65. The first-order valence-corrected chi connectivity index (χ1v) is 5.93. The Kier molecular flexibility index (Phi) is 3.07. The highest BCUT2D eigenvalue weighted by Crippen LogP contribution is 2.34. The van der Waals surface area contributed by atoms with Crippen molar-refractivity contribution in [1.82, 2.24) is 5.32 Å². The Morgan fingerprint density at radius 3 is 2.76 bits per heavy atom. The van der Waals surface area contributed by atoms with E-state index in [0.29, 0.717) is 0 Å². The summed E-state index contributed by atoms with van der Waals surface area (Å²) < 4.78 is 0. The van der Waals surface area contributed by atoms with Gasteiger partial charge in [0.2, 0.25) is 0 Å². The maximum atomic E-state index is 11.7. The fraction of sp³-hybridized carbons (Fsp3) is 0.462. The number of amides is 2. The monoisotopic (exact) mass is 233 g/mol. The predicted molar refractivity (Wildman–Crippen MR) is 68.8 cm³/mol. The number of urea groups is 1. The minimum atomic E-state index is -0.146. The largest absolute Gasteiger partial charge is 0.333 e. The lowest BCUT2D eigenvalue weighted by Gasteiger charge is -2.13. The molecule has 0 bridgehead atoms. The van der Waals surface area contributed by atoms with Crippen molar-refractivity contribution in [2.75, 3.05) is 5.32 Å². The van der Waals surface area contributed by atoms with Crippen LogP contribution in [0.25, 0.3) is 0 Å². The number of benzene rings is 1. The minimum Gasteiger partial charge on any atom is -0.333 e. The molecule has 4 N–H and O–H groups in total. The van der Waals surface area contributed by atoms with Gasteiger partial charge in [0.1, 0.15) is 0 Å². The van der Waals surface area contributed by atoms with Crippen LogP contribution in [0, 0.1) is 0 Å². The van der Waals surface area contributed by atoms with E-state index in [2.05, 4.69) is 10.6 Å². The average Bonchev–Trinajstić information content (AvgIpc) is 2.95. The molecule has 1 unspecified atom stereocenters. The molecule has 2 amide bonds. The van der Waals surface area contributed by atoms with Gasteiger partial charge in [0.25, 0.3) is 0 Å². The Labute approximate surface area is 102 Å². The molecule has 0 radical (unpaired) electrons. The summed E-state index contributed by atoms with van der Waals surface area (Å²) in [5.41, 5.74) is 7.59. The summed E-state index contributed by atoms with van der Waals surface area (Å²) in [6, 6.07) is 7.44. The molecule has 1 atom stereocenters. The molecular formula is C13H19N3O. The SMILES string of the molecule is CC(N)c1cccc(NC(=O)NC2(C)CC2)c1. The van der Waals surface area contributed by atoms with E-state index in [9.17, 15) is 4.79 Å².